The molecule has 0 spiro atoms. The maximum Gasteiger partial charge on any atom is 0.231 e. The fourth-order valence-corrected chi connectivity index (χ4v) is 4.06. The van der Waals surface area contributed by atoms with E-state index in [2.05, 4.69) is 91.5 Å². The molecule has 3 heterocycles. The molecule has 0 aliphatic carbocycles. The Hall–Kier alpha value is -4.10. The zero-order chi connectivity index (χ0) is 29.5. The van der Waals surface area contributed by atoms with Crippen LogP contribution in [0.2, 0.25) is 0 Å². The van der Waals surface area contributed by atoms with Crippen LogP contribution in [0.3, 0.4) is 0 Å². The molecule has 0 radical (unpaired) electrons. The number of hydrogen-bond donors (Lipinski definition) is 2. The Labute approximate surface area is 245 Å². The summed E-state index contributed by atoms with van der Waals surface area (Å²) in [6.07, 6.45) is 16.5. The van der Waals surface area contributed by atoms with Crippen molar-refractivity contribution in [3.05, 3.63) is 96.6 Å². The largest absolute Gasteiger partial charge is 0.450 e. The number of benzene rings is 1. The van der Waals surface area contributed by atoms with E-state index in [0.29, 0.717) is 30.7 Å². The Bertz CT molecular complexity index is 1350. The molecular formula is C34H45N5O2. The van der Waals surface area contributed by atoms with Gasteiger partial charge in [-0.1, -0.05) is 101 Å². The second-order valence-corrected chi connectivity index (χ2v) is 9.69. The van der Waals surface area contributed by atoms with Gasteiger partial charge < -0.3 is 24.7 Å². The van der Waals surface area contributed by atoms with E-state index in [4.69, 9.17) is 19.1 Å². The van der Waals surface area contributed by atoms with Crippen molar-refractivity contribution in [2.45, 2.75) is 40.5 Å². The molecule has 218 valence electrons. The molecule has 1 fully saturated rings. The van der Waals surface area contributed by atoms with Crippen molar-refractivity contribution in [1.82, 2.24) is 15.3 Å². The minimum Gasteiger partial charge on any atom is -0.450 e. The first-order valence-corrected chi connectivity index (χ1v) is 14.5. The molecule has 3 aromatic rings. The van der Waals surface area contributed by atoms with Crippen molar-refractivity contribution < 1.29 is 9.15 Å². The van der Waals surface area contributed by atoms with Gasteiger partial charge >= 0.3 is 0 Å². The van der Waals surface area contributed by atoms with Crippen molar-refractivity contribution in [2.24, 2.45) is 5.92 Å². The summed E-state index contributed by atoms with van der Waals surface area (Å²) in [5, 5.41) is 6.34. The van der Waals surface area contributed by atoms with E-state index in [-0.39, 0.29) is 0 Å². The topological polar surface area (TPSA) is 75.5 Å². The van der Waals surface area contributed by atoms with Crippen LogP contribution < -0.4 is 15.5 Å². The first-order chi connectivity index (χ1) is 20.0. The van der Waals surface area contributed by atoms with Crippen molar-refractivity contribution in [1.29, 1.82) is 0 Å². The maximum absolute atomic E-state index is 6.26. The predicted molar refractivity (Wildman–Crippen MR) is 174 cm³/mol. The monoisotopic (exact) mass is 555 g/mol. The molecule has 7 heteroatoms. The number of ether oxygens (including phenoxy) is 1. The Morgan fingerprint density at radius 1 is 1.15 bits per heavy atom. The van der Waals surface area contributed by atoms with Crippen molar-refractivity contribution in [3.8, 4) is 0 Å². The lowest BCUT2D eigenvalue weighted by Gasteiger charge is -2.27. The number of furan rings is 1. The van der Waals surface area contributed by atoms with Gasteiger partial charge in [-0.3, -0.25) is 0 Å². The molecule has 1 saturated heterocycles. The van der Waals surface area contributed by atoms with Crippen LogP contribution in [0.4, 0.5) is 11.8 Å². The van der Waals surface area contributed by atoms with Gasteiger partial charge in [0.15, 0.2) is 11.4 Å². The molecule has 7 nitrogen and oxygen atoms in total. The Balaban J connectivity index is 0.000000389. The van der Waals surface area contributed by atoms with Crippen molar-refractivity contribution >= 4 is 34.5 Å². The lowest BCUT2D eigenvalue weighted by Crippen LogP contribution is -2.37. The number of anilines is 2. The number of hydrogen-bond acceptors (Lipinski definition) is 7. The van der Waals surface area contributed by atoms with Gasteiger partial charge in [0.2, 0.25) is 5.95 Å². The summed E-state index contributed by atoms with van der Waals surface area (Å²) in [7, 11) is 1.85. The van der Waals surface area contributed by atoms with Gasteiger partial charge in [0.25, 0.3) is 0 Å². The molecule has 2 aromatic heterocycles. The fraction of sp³-hybridized carbons (Fsp3) is 0.353. The normalized spacial score (nSPS) is 15.2. The maximum atomic E-state index is 6.26. The van der Waals surface area contributed by atoms with E-state index in [9.17, 15) is 0 Å². The van der Waals surface area contributed by atoms with Crippen LogP contribution in [0, 0.1) is 5.92 Å². The summed E-state index contributed by atoms with van der Waals surface area (Å²) < 4.78 is 11.8. The molecule has 0 bridgehead atoms. The summed E-state index contributed by atoms with van der Waals surface area (Å²) >= 11 is 0. The van der Waals surface area contributed by atoms with Crippen LogP contribution in [0.25, 0.3) is 22.7 Å². The second kappa shape index (κ2) is 16.9. The highest BCUT2D eigenvalue weighted by Gasteiger charge is 2.21. The van der Waals surface area contributed by atoms with Gasteiger partial charge in [-0.2, -0.15) is 4.98 Å². The smallest absolute Gasteiger partial charge is 0.231 e. The molecule has 1 atom stereocenters. The van der Waals surface area contributed by atoms with Crippen LogP contribution in [0.1, 0.15) is 51.9 Å². The Kier molecular flexibility index (Phi) is 12.9. The highest BCUT2D eigenvalue weighted by molar-refractivity contribution is 5.89. The summed E-state index contributed by atoms with van der Waals surface area (Å²) in [5.41, 5.74) is 3.61. The standard InChI is InChI=1S/C24H33N5O2.C10H12/c1-6-17(4)10-9-11-18(7-2)20-16-19-22(31-20)23(29-12-14-30-15-13-29)28-24(26-19)27-21(8-3)25-5;1-2-3-7-10-8-5-4-6-9-10/h7-11,16-17,25H,2,6,12-15H2,1,3-5H3,(H,26,27,28);3-9H,2H2,1H3/b10-9-,18-11+,21-8+;7-3-. The highest BCUT2D eigenvalue weighted by Crippen LogP contribution is 2.32. The number of fused-ring (bicyclic) bond motifs is 1. The molecule has 41 heavy (non-hydrogen) atoms. The average Bonchev–Trinajstić information content (AvgIpc) is 3.45. The SMILES string of the molecule is C=C/C(=C\C=C/C(C)CC)c1cc2nc(N/C(=C/C)NC)nc(N3CCOCC3)c2o1.CC/C=C\c1ccccc1. The lowest BCUT2D eigenvalue weighted by molar-refractivity contribution is 0.122. The van der Waals surface area contributed by atoms with Crippen LogP contribution in [-0.4, -0.2) is 43.3 Å². The van der Waals surface area contributed by atoms with Gasteiger partial charge in [-0.05, 0) is 30.9 Å². The first-order valence-electron chi connectivity index (χ1n) is 14.5. The zero-order valence-corrected chi connectivity index (χ0v) is 25.2. The van der Waals surface area contributed by atoms with Crippen molar-refractivity contribution in [3.63, 3.8) is 0 Å². The van der Waals surface area contributed by atoms with Crippen LogP contribution >= 0.6 is 0 Å². The molecular weight excluding hydrogens is 510 g/mol. The van der Waals surface area contributed by atoms with Gasteiger partial charge in [0.1, 0.15) is 17.1 Å². The van der Waals surface area contributed by atoms with E-state index in [0.717, 1.165) is 54.4 Å². The van der Waals surface area contributed by atoms with Gasteiger partial charge in [0, 0.05) is 31.8 Å². The quantitative estimate of drug-likeness (QED) is 0.234. The van der Waals surface area contributed by atoms with Gasteiger partial charge in [0.05, 0.1) is 13.2 Å². The number of allylic oxidation sites excluding steroid dienone is 7. The minimum atomic E-state index is 0.518. The summed E-state index contributed by atoms with van der Waals surface area (Å²) in [5.74, 6) is 3.37. The lowest BCUT2D eigenvalue weighted by atomic mass is 10.1. The van der Waals surface area contributed by atoms with Crippen molar-refractivity contribution in [2.75, 3.05) is 43.6 Å². The molecule has 1 aromatic carbocycles. The fourth-order valence-electron chi connectivity index (χ4n) is 4.06. The zero-order valence-electron chi connectivity index (χ0n) is 25.2. The third-order valence-corrected chi connectivity index (χ3v) is 6.68. The number of morpholine rings is 1. The Morgan fingerprint density at radius 2 is 1.90 bits per heavy atom. The Morgan fingerprint density at radius 3 is 2.54 bits per heavy atom. The molecule has 0 saturated carbocycles. The number of nitrogens with zero attached hydrogens (tertiary/aromatic N) is 3. The number of nitrogens with one attached hydrogen (secondary N) is 2. The highest BCUT2D eigenvalue weighted by atomic mass is 16.5. The van der Waals surface area contributed by atoms with Crippen LogP contribution in [0.5, 0.6) is 0 Å². The third kappa shape index (κ3) is 9.50. The second-order valence-electron chi connectivity index (χ2n) is 9.69. The third-order valence-electron chi connectivity index (χ3n) is 6.68. The van der Waals surface area contributed by atoms with Gasteiger partial charge in [-0.25, -0.2) is 4.98 Å². The van der Waals surface area contributed by atoms with Crippen LogP contribution in [0.15, 0.2) is 89.7 Å². The molecule has 4 rings (SSSR count). The van der Waals surface area contributed by atoms with Gasteiger partial charge in [-0.15, -0.1) is 0 Å². The molecule has 1 unspecified atom stereocenters. The van der Waals surface area contributed by atoms with E-state index in [1.165, 1.54) is 5.56 Å². The summed E-state index contributed by atoms with van der Waals surface area (Å²) in [6.45, 7) is 15.3. The van der Waals surface area contributed by atoms with E-state index < -0.39 is 0 Å². The molecule has 1 aliphatic heterocycles. The average molecular weight is 556 g/mol. The number of rotatable bonds is 11. The van der Waals surface area contributed by atoms with E-state index in [1.807, 2.05) is 38.3 Å². The summed E-state index contributed by atoms with van der Waals surface area (Å²) in [4.78, 5) is 11.6. The number of aromatic nitrogens is 2. The molecule has 1 aliphatic rings. The summed E-state index contributed by atoms with van der Waals surface area (Å²) in [6, 6.07) is 12.3. The predicted octanol–water partition coefficient (Wildman–Crippen LogP) is 7.83. The van der Waals surface area contributed by atoms with E-state index >= 15 is 0 Å². The minimum absolute atomic E-state index is 0.518. The van der Waals surface area contributed by atoms with E-state index in [1.54, 1.807) is 6.08 Å². The molecule has 2 N–H and O–H groups in total. The molecule has 0 amide bonds. The van der Waals surface area contributed by atoms with Crippen LogP contribution in [-0.2, 0) is 4.74 Å². The first kappa shape index (κ1) is 31.4.